The van der Waals surface area contributed by atoms with Gasteiger partial charge in [-0.1, -0.05) is 23.2 Å². The van der Waals surface area contributed by atoms with Gasteiger partial charge in [-0.2, -0.15) is 0 Å². The molecule has 0 saturated heterocycles. The molecule has 0 bridgehead atoms. The van der Waals surface area contributed by atoms with Crippen molar-refractivity contribution in [1.29, 1.82) is 0 Å². The van der Waals surface area contributed by atoms with Crippen molar-refractivity contribution in [3.05, 3.63) is 27.8 Å². The lowest BCUT2D eigenvalue weighted by atomic mass is 10.3. The molecule has 0 N–H and O–H groups in total. The van der Waals surface area contributed by atoms with Crippen molar-refractivity contribution in [2.75, 3.05) is 0 Å². The van der Waals surface area contributed by atoms with Gasteiger partial charge in [0, 0.05) is 0 Å². The van der Waals surface area contributed by atoms with E-state index >= 15 is 0 Å². The lowest BCUT2D eigenvalue weighted by Gasteiger charge is -1.96. The highest BCUT2D eigenvalue weighted by atomic mass is 35.5. The summed E-state index contributed by atoms with van der Waals surface area (Å²) in [5, 5.41) is 0.0574. The van der Waals surface area contributed by atoms with Gasteiger partial charge >= 0.3 is 0 Å². The predicted molar refractivity (Wildman–Crippen MR) is 39.0 cm³/mol. The maximum Gasteiger partial charge on any atom is 0.166 e. The van der Waals surface area contributed by atoms with E-state index in [9.17, 15) is 4.39 Å². The molecule has 0 aliphatic carbocycles. The van der Waals surface area contributed by atoms with Crippen LogP contribution in [0, 0.1) is 12.7 Å². The lowest BCUT2D eigenvalue weighted by Crippen LogP contribution is -1.86. The van der Waals surface area contributed by atoms with E-state index in [0.717, 1.165) is 0 Å². The molecule has 54 valence electrons. The molecule has 0 amide bonds. The summed E-state index contributed by atoms with van der Waals surface area (Å²) < 4.78 is 12.5. The number of aromatic nitrogens is 1. The third-order valence-electron chi connectivity index (χ3n) is 1.06. The highest BCUT2D eigenvalue weighted by Gasteiger charge is 2.03. The van der Waals surface area contributed by atoms with Crippen molar-refractivity contribution in [3.63, 3.8) is 0 Å². The molecule has 0 radical (unpaired) electrons. The van der Waals surface area contributed by atoms with Crippen molar-refractivity contribution in [2.45, 2.75) is 6.92 Å². The van der Waals surface area contributed by atoms with Crippen LogP contribution in [0.3, 0.4) is 0 Å². The number of hydrogen-bond donors (Lipinski definition) is 0. The molecule has 10 heavy (non-hydrogen) atoms. The van der Waals surface area contributed by atoms with Crippen LogP contribution in [0.1, 0.15) is 5.56 Å². The van der Waals surface area contributed by atoms with E-state index in [4.69, 9.17) is 23.2 Å². The van der Waals surface area contributed by atoms with Crippen LogP contribution in [0.15, 0.2) is 6.07 Å². The SMILES string of the molecule is Cc1cc(F)c(Cl)nc1Cl. The van der Waals surface area contributed by atoms with Crippen LogP contribution in [0.2, 0.25) is 10.3 Å². The Morgan fingerprint density at radius 3 is 2.50 bits per heavy atom. The molecule has 0 unspecified atom stereocenters. The molecule has 0 aromatic carbocycles. The molecule has 0 aliphatic heterocycles. The van der Waals surface area contributed by atoms with Crippen molar-refractivity contribution >= 4 is 23.2 Å². The van der Waals surface area contributed by atoms with Gasteiger partial charge in [0.2, 0.25) is 0 Å². The summed E-state index contributed by atoms with van der Waals surface area (Å²) >= 11 is 10.8. The summed E-state index contributed by atoms with van der Waals surface area (Å²) in [6, 6.07) is 1.25. The van der Waals surface area contributed by atoms with E-state index < -0.39 is 5.82 Å². The second-order valence-electron chi connectivity index (χ2n) is 1.87. The monoisotopic (exact) mass is 179 g/mol. The fourth-order valence-corrected chi connectivity index (χ4v) is 0.858. The zero-order valence-corrected chi connectivity index (χ0v) is 6.67. The maximum atomic E-state index is 12.5. The second kappa shape index (κ2) is 2.72. The number of pyridine rings is 1. The minimum Gasteiger partial charge on any atom is -0.221 e. The van der Waals surface area contributed by atoms with E-state index in [-0.39, 0.29) is 10.3 Å². The van der Waals surface area contributed by atoms with Crippen molar-refractivity contribution in [2.24, 2.45) is 0 Å². The molecular formula is C6H4Cl2FN. The Balaban J connectivity index is 3.28. The highest BCUT2D eigenvalue weighted by Crippen LogP contribution is 2.18. The molecule has 0 atom stereocenters. The van der Waals surface area contributed by atoms with Crippen molar-refractivity contribution in [1.82, 2.24) is 4.98 Å². The summed E-state index contributed by atoms with van der Waals surface area (Å²) in [6.07, 6.45) is 0. The number of nitrogens with zero attached hydrogens (tertiary/aromatic N) is 1. The van der Waals surface area contributed by atoms with Gasteiger partial charge in [-0.3, -0.25) is 0 Å². The van der Waals surface area contributed by atoms with Crippen LogP contribution in [-0.2, 0) is 0 Å². The Labute approximate surface area is 67.8 Å². The first-order valence-electron chi connectivity index (χ1n) is 2.59. The van der Waals surface area contributed by atoms with Crippen LogP contribution >= 0.6 is 23.2 Å². The number of rotatable bonds is 0. The average Bonchev–Trinajstić information content (AvgIpc) is 1.84. The standard InChI is InChI=1S/C6H4Cl2FN/c1-3-2-4(9)6(8)10-5(3)7/h2H,1H3. The Hall–Kier alpha value is -0.340. The molecule has 4 heteroatoms. The maximum absolute atomic E-state index is 12.5. The summed E-state index contributed by atoms with van der Waals surface area (Å²) in [7, 11) is 0. The predicted octanol–water partition coefficient (Wildman–Crippen LogP) is 2.84. The summed E-state index contributed by atoms with van der Waals surface area (Å²) in [5.74, 6) is -0.538. The van der Waals surface area contributed by atoms with Gasteiger partial charge in [0.25, 0.3) is 0 Å². The topological polar surface area (TPSA) is 12.9 Å². The van der Waals surface area contributed by atoms with Crippen LogP contribution in [0.4, 0.5) is 4.39 Å². The first-order chi connectivity index (χ1) is 4.61. The fourth-order valence-electron chi connectivity index (χ4n) is 0.537. The molecule has 0 saturated carbocycles. The van der Waals surface area contributed by atoms with Gasteiger partial charge in [0.15, 0.2) is 11.0 Å². The quantitative estimate of drug-likeness (QED) is 0.559. The number of aryl methyl sites for hydroxylation is 1. The average molecular weight is 180 g/mol. The van der Waals surface area contributed by atoms with Gasteiger partial charge in [0.05, 0.1) is 0 Å². The summed E-state index contributed by atoms with van der Waals surface area (Å²) in [4.78, 5) is 3.53. The highest BCUT2D eigenvalue weighted by molar-refractivity contribution is 6.32. The van der Waals surface area contributed by atoms with Gasteiger partial charge in [0.1, 0.15) is 5.15 Å². The fraction of sp³-hybridized carbons (Fsp3) is 0.167. The molecule has 1 nitrogen and oxygen atoms in total. The molecule has 0 spiro atoms. The zero-order chi connectivity index (χ0) is 7.72. The molecule has 1 heterocycles. The molecule has 1 aromatic rings. The van der Waals surface area contributed by atoms with E-state index in [1.165, 1.54) is 6.07 Å². The van der Waals surface area contributed by atoms with Crippen molar-refractivity contribution in [3.8, 4) is 0 Å². The first kappa shape index (κ1) is 7.76. The van der Waals surface area contributed by atoms with E-state index in [0.29, 0.717) is 5.56 Å². The van der Waals surface area contributed by atoms with Crippen LogP contribution in [-0.4, -0.2) is 4.98 Å². The van der Waals surface area contributed by atoms with Gasteiger partial charge in [-0.05, 0) is 18.6 Å². The Bertz CT molecular complexity index is 212. The molecule has 1 aromatic heterocycles. The largest absolute Gasteiger partial charge is 0.221 e. The van der Waals surface area contributed by atoms with Crippen LogP contribution in [0.25, 0.3) is 0 Å². The van der Waals surface area contributed by atoms with Gasteiger partial charge in [-0.25, -0.2) is 9.37 Å². The first-order valence-corrected chi connectivity index (χ1v) is 3.35. The Morgan fingerprint density at radius 2 is 2.00 bits per heavy atom. The van der Waals surface area contributed by atoms with Crippen LogP contribution < -0.4 is 0 Å². The lowest BCUT2D eigenvalue weighted by molar-refractivity contribution is 0.620. The molecular weight excluding hydrogens is 176 g/mol. The smallest absolute Gasteiger partial charge is 0.166 e. The van der Waals surface area contributed by atoms with Gasteiger partial charge in [-0.15, -0.1) is 0 Å². The molecule has 0 fully saturated rings. The minimum absolute atomic E-state index is 0.185. The van der Waals surface area contributed by atoms with E-state index in [1.54, 1.807) is 6.92 Å². The Kier molecular flexibility index (Phi) is 2.11. The Morgan fingerprint density at radius 1 is 1.40 bits per heavy atom. The number of hydrogen-bond acceptors (Lipinski definition) is 1. The third-order valence-corrected chi connectivity index (χ3v) is 1.71. The third kappa shape index (κ3) is 1.39. The minimum atomic E-state index is -0.538. The van der Waals surface area contributed by atoms with E-state index in [2.05, 4.69) is 4.98 Å². The van der Waals surface area contributed by atoms with E-state index in [1.807, 2.05) is 0 Å². The second-order valence-corrected chi connectivity index (χ2v) is 2.58. The number of halogens is 3. The summed E-state index contributed by atoms with van der Waals surface area (Å²) in [6.45, 7) is 1.66. The summed E-state index contributed by atoms with van der Waals surface area (Å²) in [5.41, 5.74) is 0.587. The van der Waals surface area contributed by atoms with Crippen LogP contribution in [0.5, 0.6) is 0 Å². The van der Waals surface area contributed by atoms with Gasteiger partial charge < -0.3 is 0 Å². The normalized spacial score (nSPS) is 10.0. The zero-order valence-electron chi connectivity index (χ0n) is 5.16. The molecule has 0 aliphatic rings. The molecule has 1 rings (SSSR count). The van der Waals surface area contributed by atoms with Crippen molar-refractivity contribution < 1.29 is 4.39 Å².